The molecule has 1 saturated heterocycles. The van der Waals surface area contributed by atoms with E-state index in [0.29, 0.717) is 10.7 Å². The number of ether oxygens (including phenoxy) is 1. The maximum absolute atomic E-state index is 12.5. The van der Waals surface area contributed by atoms with E-state index in [2.05, 4.69) is 39.4 Å². The number of carbonyl (C=O) groups excluding carboxylic acids is 1. The molecule has 4 rings (SSSR count). The highest BCUT2D eigenvalue weighted by Crippen LogP contribution is 2.38. The SMILES string of the molecule is COC(=O)c1c(NC(=S)N2CCN(c3ccccc3)CC2)sc2c1CCCCC2. The summed E-state index contributed by atoms with van der Waals surface area (Å²) in [5.41, 5.74) is 3.11. The second kappa shape index (κ2) is 9.13. The highest BCUT2D eigenvalue weighted by molar-refractivity contribution is 7.80. The number of piperazine rings is 1. The van der Waals surface area contributed by atoms with Crippen molar-refractivity contribution >= 4 is 45.3 Å². The standard InChI is InChI=1S/C22H27N3O2S2/c1-27-21(26)19-17-10-6-3-7-11-18(17)29-20(19)23-22(28)25-14-12-24(13-15-25)16-8-4-2-5-9-16/h2,4-5,8-9H,3,6-7,10-15H2,1H3,(H,23,28). The maximum atomic E-state index is 12.5. The number of methoxy groups -OCH3 is 1. The van der Waals surface area contributed by atoms with Gasteiger partial charge in [-0.25, -0.2) is 4.79 Å². The van der Waals surface area contributed by atoms with Gasteiger partial charge in [-0.1, -0.05) is 24.6 Å². The van der Waals surface area contributed by atoms with Crippen LogP contribution in [0.2, 0.25) is 0 Å². The van der Waals surface area contributed by atoms with Crippen LogP contribution in [-0.4, -0.2) is 49.3 Å². The van der Waals surface area contributed by atoms with Gasteiger partial charge in [0, 0.05) is 36.7 Å². The second-order valence-corrected chi connectivity index (χ2v) is 8.99. The molecule has 1 aromatic carbocycles. The van der Waals surface area contributed by atoms with Crippen molar-refractivity contribution in [2.24, 2.45) is 0 Å². The zero-order chi connectivity index (χ0) is 20.2. The number of rotatable bonds is 3. The number of aryl methyl sites for hydroxylation is 1. The van der Waals surface area contributed by atoms with E-state index in [0.717, 1.165) is 50.4 Å². The van der Waals surface area contributed by atoms with E-state index >= 15 is 0 Å². The van der Waals surface area contributed by atoms with Gasteiger partial charge in [0.1, 0.15) is 5.00 Å². The van der Waals surface area contributed by atoms with Gasteiger partial charge in [0.2, 0.25) is 0 Å². The Balaban J connectivity index is 1.45. The zero-order valence-electron chi connectivity index (χ0n) is 16.8. The number of anilines is 2. The van der Waals surface area contributed by atoms with Crippen LogP contribution >= 0.6 is 23.6 Å². The number of esters is 1. The molecule has 0 atom stereocenters. The number of hydrogen-bond acceptors (Lipinski definition) is 5. The molecule has 1 N–H and O–H groups in total. The Bertz CT molecular complexity index is 874. The topological polar surface area (TPSA) is 44.8 Å². The first-order chi connectivity index (χ1) is 14.2. The summed E-state index contributed by atoms with van der Waals surface area (Å²) in [4.78, 5) is 18.4. The minimum absolute atomic E-state index is 0.261. The van der Waals surface area contributed by atoms with Crippen molar-refractivity contribution in [2.45, 2.75) is 32.1 Å². The molecule has 2 heterocycles. The van der Waals surface area contributed by atoms with E-state index in [9.17, 15) is 4.79 Å². The van der Waals surface area contributed by atoms with Crippen LogP contribution in [0.1, 0.15) is 40.1 Å². The average molecular weight is 430 g/mol. The fourth-order valence-corrected chi connectivity index (χ4v) is 5.76. The van der Waals surface area contributed by atoms with Crippen LogP contribution in [0.5, 0.6) is 0 Å². The normalized spacial score (nSPS) is 16.7. The predicted octanol–water partition coefficient (Wildman–Crippen LogP) is 4.32. The summed E-state index contributed by atoms with van der Waals surface area (Å²) in [6.45, 7) is 3.58. The van der Waals surface area contributed by atoms with Gasteiger partial charge < -0.3 is 19.9 Å². The lowest BCUT2D eigenvalue weighted by Crippen LogP contribution is -2.50. The monoisotopic (exact) mass is 429 g/mol. The minimum Gasteiger partial charge on any atom is -0.465 e. The quantitative estimate of drug-likeness (QED) is 0.445. The highest BCUT2D eigenvalue weighted by Gasteiger charge is 2.27. The Morgan fingerprint density at radius 3 is 2.52 bits per heavy atom. The predicted molar refractivity (Wildman–Crippen MR) is 123 cm³/mol. The molecule has 1 aromatic heterocycles. The van der Waals surface area contributed by atoms with Crippen LogP contribution in [0, 0.1) is 0 Å². The van der Waals surface area contributed by atoms with Crippen LogP contribution in [0.4, 0.5) is 10.7 Å². The van der Waals surface area contributed by atoms with E-state index in [1.54, 1.807) is 11.3 Å². The van der Waals surface area contributed by atoms with Gasteiger partial charge in [0.05, 0.1) is 12.7 Å². The number of nitrogens with one attached hydrogen (secondary N) is 1. The summed E-state index contributed by atoms with van der Waals surface area (Å²) in [6, 6.07) is 10.5. The minimum atomic E-state index is -0.261. The van der Waals surface area contributed by atoms with Crippen molar-refractivity contribution in [3.63, 3.8) is 0 Å². The third kappa shape index (κ3) is 4.41. The van der Waals surface area contributed by atoms with Crippen molar-refractivity contribution in [3.05, 3.63) is 46.3 Å². The molecule has 5 nitrogen and oxygen atoms in total. The second-order valence-electron chi connectivity index (χ2n) is 7.50. The lowest BCUT2D eigenvalue weighted by molar-refractivity contribution is 0.0601. The third-order valence-electron chi connectivity index (χ3n) is 5.72. The van der Waals surface area contributed by atoms with Gasteiger partial charge in [-0.15, -0.1) is 11.3 Å². The van der Waals surface area contributed by atoms with Crippen molar-refractivity contribution < 1.29 is 9.53 Å². The van der Waals surface area contributed by atoms with Gasteiger partial charge in [-0.05, 0) is 55.6 Å². The number of thiophene rings is 1. The Labute approximate surface area is 181 Å². The van der Waals surface area contributed by atoms with Crippen LogP contribution in [0.3, 0.4) is 0 Å². The molecule has 0 saturated carbocycles. The fourth-order valence-electron chi connectivity index (χ4n) is 4.13. The first-order valence-electron chi connectivity index (χ1n) is 10.3. The van der Waals surface area contributed by atoms with E-state index in [-0.39, 0.29) is 5.97 Å². The van der Waals surface area contributed by atoms with Gasteiger partial charge in [-0.3, -0.25) is 0 Å². The van der Waals surface area contributed by atoms with Crippen LogP contribution < -0.4 is 10.2 Å². The van der Waals surface area contributed by atoms with Gasteiger partial charge in [-0.2, -0.15) is 0 Å². The zero-order valence-corrected chi connectivity index (χ0v) is 18.4. The first kappa shape index (κ1) is 20.2. The summed E-state index contributed by atoms with van der Waals surface area (Å²) in [7, 11) is 1.45. The average Bonchev–Trinajstić information content (AvgIpc) is 2.94. The van der Waals surface area contributed by atoms with E-state index < -0.39 is 0 Å². The van der Waals surface area contributed by atoms with Crippen LogP contribution in [-0.2, 0) is 17.6 Å². The van der Waals surface area contributed by atoms with Gasteiger partial charge >= 0.3 is 5.97 Å². The smallest absolute Gasteiger partial charge is 0.341 e. The van der Waals surface area contributed by atoms with E-state index in [1.165, 1.54) is 36.1 Å². The summed E-state index contributed by atoms with van der Waals surface area (Å²) < 4.78 is 5.10. The van der Waals surface area contributed by atoms with Crippen molar-refractivity contribution in [3.8, 4) is 0 Å². The fraction of sp³-hybridized carbons (Fsp3) is 0.455. The Kier molecular flexibility index (Phi) is 6.35. The summed E-state index contributed by atoms with van der Waals surface area (Å²) in [6.07, 6.45) is 5.50. The number of fused-ring (bicyclic) bond motifs is 1. The molecular weight excluding hydrogens is 402 g/mol. The lowest BCUT2D eigenvalue weighted by Gasteiger charge is -2.37. The van der Waals surface area contributed by atoms with Crippen LogP contribution in [0.25, 0.3) is 0 Å². The van der Waals surface area contributed by atoms with Crippen molar-refractivity contribution in [1.82, 2.24) is 4.90 Å². The van der Waals surface area contributed by atoms with Crippen LogP contribution in [0.15, 0.2) is 30.3 Å². The summed E-state index contributed by atoms with van der Waals surface area (Å²) in [5.74, 6) is -0.261. The largest absolute Gasteiger partial charge is 0.465 e. The Hall–Kier alpha value is -2.12. The Morgan fingerprint density at radius 1 is 1.07 bits per heavy atom. The molecule has 2 aliphatic rings. The van der Waals surface area contributed by atoms with Crippen molar-refractivity contribution in [2.75, 3.05) is 43.5 Å². The number of hydrogen-bond donors (Lipinski definition) is 1. The van der Waals surface area contributed by atoms with E-state index in [1.807, 2.05) is 6.07 Å². The molecule has 1 aliphatic heterocycles. The van der Waals surface area contributed by atoms with Gasteiger partial charge in [0.15, 0.2) is 5.11 Å². The molecule has 1 aliphatic carbocycles. The molecule has 29 heavy (non-hydrogen) atoms. The molecule has 0 radical (unpaired) electrons. The summed E-state index contributed by atoms with van der Waals surface area (Å²) >= 11 is 7.38. The maximum Gasteiger partial charge on any atom is 0.341 e. The first-order valence-corrected chi connectivity index (χ1v) is 11.5. The van der Waals surface area contributed by atoms with Gasteiger partial charge in [0.25, 0.3) is 0 Å². The summed E-state index contributed by atoms with van der Waals surface area (Å²) in [5, 5.41) is 4.92. The van der Waals surface area contributed by atoms with Crippen molar-refractivity contribution in [1.29, 1.82) is 0 Å². The molecule has 154 valence electrons. The molecule has 2 aromatic rings. The molecule has 0 spiro atoms. The highest BCUT2D eigenvalue weighted by atomic mass is 32.1. The molecule has 0 bridgehead atoms. The third-order valence-corrected chi connectivity index (χ3v) is 7.29. The number of benzene rings is 1. The molecule has 7 heteroatoms. The number of para-hydroxylation sites is 1. The number of thiocarbonyl (C=S) groups is 1. The van der Waals surface area contributed by atoms with E-state index in [4.69, 9.17) is 17.0 Å². The molecule has 1 fully saturated rings. The molecular formula is C22H27N3O2S2. The molecule has 0 unspecified atom stereocenters. The molecule has 0 amide bonds. The lowest BCUT2D eigenvalue weighted by atomic mass is 10.1. The Morgan fingerprint density at radius 2 is 1.79 bits per heavy atom. The number of nitrogens with zero attached hydrogens (tertiary/aromatic N) is 2. The number of carbonyl (C=O) groups is 1.